The van der Waals surface area contributed by atoms with Crippen LogP contribution >= 0.6 is 0 Å². The number of carbonyl (C=O) groups is 1. The van der Waals surface area contributed by atoms with Crippen molar-refractivity contribution in [2.45, 2.75) is 12.7 Å². The van der Waals surface area contributed by atoms with Gasteiger partial charge in [0.15, 0.2) is 0 Å². The molecule has 0 saturated heterocycles. The number of alkyl halides is 3. The van der Waals surface area contributed by atoms with Crippen molar-refractivity contribution in [1.29, 1.82) is 0 Å². The number of anilines is 1. The number of rotatable bonds is 9. The van der Waals surface area contributed by atoms with E-state index >= 15 is 0 Å². The fourth-order valence-electron chi connectivity index (χ4n) is 2.72. The van der Waals surface area contributed by atoms with Crippen molar-refractivity contribution in [2.75, 3.05) is 25.0 Å². The maximum Gasteiger partial charge on any atom is 0.419 e. The summed E-state index contributed by atoms with van der Waals surface area (Å²) in [5.74, 6) is -0.246. The maximum atomic E-state index is 13.0. The first kappa shape index (κ1) is 22.8. The zero-order valence-electron chi connectivity index (χ0n) is 16.8. The van der Waals surface area contributed by atoms with Crippen molar-refractivity contribution in [1.82, 2.24) is 20.1 Å². The van der Waals surface area contributed by atoms with Gasteiger partial charge >= 0.3 is 6.18 Å². The Morgan fingerprint density at radius 1 is 1.03 bits per heavy atom. The number of hydrogen-bond donors (Lipinski definition) is 2. The van der Waals surface area contributed by atoms with Gasteiger partial charge in [-0.25, -0.2) is 9.67 Å². The number of benzene rings is 1. The molecule has 32 heavy (non-hydrogen) atoms. The molecule has 0 atom stereocenters. The third kappa shape index (κ3) is 6.30. The van der Waals surface area contributed by atoms with Gasteiger partial charge in [0.1, 0.15) is 23.9 Å². The number of halogens is 3. The zero-order chi connectivity index (χ0) is 23.0. The molecule has 0 aliphatic heterocycles. The first-order valence-electron chi connectivity index (χ1n) is 9.65. The minimum absolute atomic E-state index is 0.00173. The van der Waals surface area contributed by atoms with Crippen LogP contribution < -0.4 is 20.9 Å². The average molecular weight is 447 g/mol. The van der Waals surface area contributed by atoms with Gasteiger partial charge in [0.2, 0.25) is 0 Å². The fraction of sp³-hybridized carbons (Fsp3) is 0.238. The van der Waals surface area contributed by atoms with E-state index in [0.717, 1.165) is 10.7 Å². The molecule has 3 aromatic rings. The Morgan fingerprint density at radius 3 is 2.56 bits per heavy atom. The predicted octanol–water partition coefficient (Wildman–Crippen LogP) is 2.58. The van der Waals surface area contributed by atoms with Gasteiger partial charge in [-0.1, -0.05) is 18.2 Å². The van der Waals surface area contributed by atoms with E-state index in [4.69, 9.17) is 4.74 Å². The van der Waals surface area contributed by atoms with Gasteiger partial charge in [-0.2, -0.15) is 18.3 Å². The SMILES string of the molecule is O=C(NCCNc1ncccc1C(F)(F)F)c1ccc(=O)n(CCOc2ccccc2)n1. The third-order valence-electron chi connectivity index (χ3n) is 4.23. The van der Waals surface area contributed by atoms with Gasteiger partial charge in [-0.05, 0) is 30.3 Å². The highest BCUT2D eigenvalue weighted by Crippen LogP contribution is 2.33. The second-order valence-corrected chi connectivity index (χ2v) is 6.52. The number of nitrogens with zero attached hydrogens (tertiary/aromatic N) is 3. The molecule has 8 nitrogen and oxygen atoms in total. The van der Waals surface area contributed by atoms with Crippen LogP contribution in [0.25, 0.3) is 0 Å². The van der Waals surface area contributed by atoms with E-state index in [0.29, 0.717) is 5.75 Å². The summed E-state index contributed by atoms with van der Waals surface area (Å²) in [5.41, 5.74) is -1.29. The van der Waals surface area contributed by atoms with Crippen molar-refractivity contribution in [2.24, 2.45) is 0 Å². The quantitative estimate of drug-likeness (QED) is 0.490. The molecular weight excluding hydrogens is 427 g/mol. The number of para-hydroxylation sites is 1. The molecule has 3 rings (SSSR count). The molecule has 1 amide bonds. The van der Waals surface area contributed by atoms with Crippen LogP contribution in [0, 0.1) is 0 Å². The Kier molecular flexibility index (Phi) is 7.42. The van der Waals surface area contributed by atoms with Crippen molar-refractivity contribution in [3.63, 3.8) is 0 Å². The molecule has 0 spiro atoms. The van der Waals surface area contributed by atoms with Gasteiger partial charge in [0.05, 0.1) is 12.1 Å². The lowest BCUT2D eigenvalue weighted by atomic mass is 10.2. The lowest BCUT2D eigenvalue weighted by molar-refractivity contribution is -0.137. The highest BCUT2D eigenvalue weighted by atomic mass is 19.4. The van der Waals surface area contributed by atoms with Crippen molar-refractivity contribution in [3.05, 3.63) is 82.4 Å². The number of carbonyl (C=O) groups excluding carboxylic acids is 1. The molecule has 0 radical (unpaired) electrons. The summed E-state index contributed by atoms with van der Waals surface area (Å²) in [4.78, 5) is 28.0. The summed E-state index contributed by atoms with van der Waals surface area (Å²) in [6, 6.07) is 13.6. The summed E-state index contributed by atoms with van der Waals surface area (Å²) >= 11 is 0. The lowest BCUT2D eigenvalue weighted by Gasteiger charge is -2.13. The van der Waals surface area contributed by atoms with Gasteiger partial charge in [-0.15, -0.1) is 0 Å². The molecule has 2 heterocycles. The van der Waals surface area contributed by atoms with Crippen LogP contribution in [0.2, 0.25) is 0 Å². The molecule has 2 N–H and O–H groups in total. The lowest BCUT2D eigenvalue weighted by Crippen LogP contribution is -2.33. The van der Waals surface area contributed by atoms with Crippen LogP contribution in [0.1, 0.15) is 16.1 Å². The maximum absolute atomic E-state index is 13.0. The van der Waals surface area contributed by atoms with Crippen LogP contribution in [0.4, 0.5) is 19.0 Å². The molecule has 168 valence electrons. The normalized spacial score (nSPS) is 11.1. The summed E-state index contributed by atoms with van der Waals surface area (Å²) < 4.78 is 45.5. The fourth-order valence-corrected chi connectivity index (χ4v) is 2.72. The predicted molar refractivity (Wildman–Crippen MR) is 110 cm³/mol. The Labute approximate surface area is 181 Å². The smallest absolute Gasteiger partial charge is 0.419 e. The van der Waals surface area contributed by atoms with Gasteiger partial charge in [0.25, 0.3) is 11.5 Å². The monoisotopic (exact) mass is 447 g/mol. The summed E-state index contributed by atoms with van der Waals surface area (Å²) in [5, 5.41) is 9.11. The van der Waals surface area contributed by atoms with E-state index in [-0.39, 0.29) is 37.8 Å². The number of amides is 1. The van der Waals surface area contributed by atoms with Crippen molar-refractivity contribution in [3.8, 4) is 5.75 Å². The number of pyridine rings is 1. The van der Waals surface area contributed by atoms with Crippen LogP contribution in [-0.4, -0.2) is 40.4 Å². The number of hydrogen-bond acceptors (Lipinski definition) is 6. The first-order chi connectivity index (χ1) is 15.3. The number of ether oxygens (including phenoxy) is 1. The summed E-state index contributed by atoms with van der Waals surface area (Å²) in [6.07, 6.45) is -3.30. The largest absolute Gasteiger partial charge is 0.492 e. The summed E-state index contributed by atoms with van der Waals surface area (Å²) in [7, 11) is 0. The Hall–Kier alpha value is -3.89. The molecule has 0 aliphatic carbocycles. The van der Waals surface area contributed by atoms with Crippen LogP contribution in [0.3, 0.4) is 0 Å². The average Bonchev–Trinajstić information content (AvgIpc) is 2.78. The topological polar surface area (TPSA) is 98.1 Å². The van der Waals surface area contributed by atoms with E-state index in [1.807, 2.05) is 18.2 Å². The highest BCUT2D eigenvalue weighted by Gasteiger charge is 2.33. The van der Waals surface area contributed by atoms with E-state index in [2.05, 4.69) is 20.7 Å². The Bertz CT molecular complexity index is 1100. The Balaban J connectivity index is 1.51. The van der Waals surface area contributed by atoms with E-state index in [9.17, 15) is 22.8 Å². The van der Waals surface area contributed by atoms with Gasteiger partial charge in [-0.3, -0.25) is 9.59 Å². The molecule has 0 saturated carbocycles. The minimum Gasteiger partial charge on any atom is -0.492 e. The molecule has 11 heteroatoms. The highest BCUT2D eigenvalue weighted by molar-refractivity contribution is 5.92. The molecule has 1 aromatic carbocycles. The molecule has 0 unspecified atom stereocenters. The van der Waals surface area contributed by atoms with Crippen LogP contribution in [0.15, 0.2) is 65.6 Å². The van der Waals surface area contributed by atoms with Gasteiger partial charge < -0.3 is 15.4 Å². The standard InChI is InChI=1S/C21H20F3N5O3/c22-21(23,24)16-7-4-10-25-19(16)26-11-12-27-20(31)17-8-9-18(30)29(28-17)13-14-32-15-5-2-1-3-6-15/h1-10H,11-14H2,(H,25,26)(H,27,31). The van der Waals surface area contributed by atoms with Crippen LogP contribution in [0.5, 0.6) is 5.75 Å². The van der Waals surface area contributed by atoms with E-state index in [1.54, 1.807) is 12.1 Å². The minimum atomic E-state index is -4.54. The molecule has 2 aromatic heterocycles. The summed E-state index contributed by atoms with van der Waals surface area (Å²) in [6.45, 7) is 0.342. The number of aromatic nitrogens is 3. The molecule has 0 fully saturated rings. The van der Waals surface area contributed by atoms with Crippen molar-refractivity contribution >= 4 is 11.7 Å². The van der Waals surface area contributed by atoms with Gasteiger partial charge in [0, 0.05) is 25.4 Å². The van der Waals surface area contributed by atoms with E-state index < -0.39 is 23.2 Å². The molecule has 0 aliphatic rings. The van der Waals surface area contributed by atoms with Crippen LogP contribution in [-0.2, 0) is 12.7 Å². The molecule has 0 bridgehead atoms. The second-order valence-electron chi connectivity index (χ2n) is 6.52. The third-order valence-corrected chi connectivity index (χ3v) is 4.23. The first-order valence-corrected chi connectivity index (χ1v) is 9.65. The number of nitrogens with one attached hydrogen (secondary N) is 2. The second kappa shape index (κ2) is 10.4. The van der Waals surface area contributed by atoms with Crippen molar-refractivity contribution < 1.29 is 22.7 Å². The molecular formula is C21H20F3N5O3. The Morgan fingerprint density at radius 2 is 1.81 bits per heavy atom. The van der Waals surface area contributed by atoms with E-state index in [1.165, 1.54) is 24.4 Å². The zero-order valence-corrected chi connectivity index (χ0v) is 16.8.